The highest BCUT2D eigenvalue weighted by Crippen LogP contribution is 2.56. The van der Waals surface area contributed by atoms with Crippen LogP contribution in [0.15, 0.2) is 78.2 Å². The first-order chi connectivity index (χ1) is 25.0. The van der Waals surface area contributed by atoms with Crippen molar-refractivity contribution in [3.8, 4) is 0 Å². The summed E-state index contributed by atoms with van der Waals surface area (Å²) in [4.78, 5) is 84.2. The van der Waals surface area contributed by atoms with Gasteiger partial charge in [0, 0.05) is 63.7 Å². The van der Waals surface area contributed by atoms with Gasteiger partial charge < -0.3 is 69.7 Å². The molecule has 3 aromatic carbocycles. The van der Waals surface area contributed by atoms with E-state index in [1.807, 2.05) is 0 Å². The molecule has 1 aliphatic rings. The predicted molar refractivity (Wildman–Crippen MR) is 202 cm³/mol. The number of nitrogens with one attached hydrogen (secondary N) is 2. The van der Waals surface area contributed by atoms with Crippen LogP contribution in [0.2, 0.25) is 0 Å². The van der Waals surface area contributed by atoms with E-state index in [-0.39, 0.29) is 40.2 Å². The van der Waals surface area contributed by atoms with E-state index in [1.165, 1.54) is 0 Å². The highest BCUT2D eigenvalue weighted by atomic mass is 79.9. The van der Waals surface area contributed by atoms with Crippen molar-refractivity contribution in [3.63, 3.8) is 0 Å². The van der Waals surface area contributed by atoms with Gasteiger partial charge in [0.2, 0.25) is 11.8 Å². The van der Waals surface area contributed by atoms with Crippen LogP contribution in [0.4, 0.5) is 30.7 Å². The summed E-state index contributed by atoms with van der Waals surface area (Å²) in [5.41, 5.74) is -11.0. The summed E-state index contributed by atoms with van der Waals surface area (Å²) >= 11 is 8.45. The van der Waals surface area contributed by atoms with Crippen molar-refractivity contribution in [1.29, 1.82) is 0 Å². The Balaban J connectivity index is 0.00000841. The lowest BCUT2D eigenvalue weighted by Crippen LogP contribution is -2.54. The fourth-order valence-electron chi connectivity index (χ4n) is 4.94. The largest absolute Gasteiger partial charge is 0.806 e. The lowest BCUT2D eigenvalue weighted by atomic mass is 9.99. The number of nitrogens with two attached hydrogens (primary N) is 1. The molecule has 0 saturated carbocycles. The number of rotatable bonds is 14. The number of quaternary nitrogens is 4. The van der Waals surface area contributed by atoms with Crippen LogP contribution in [0.3, 0.4) is 0 Å². The number of primary amides is 1. The molecule has 330 valence electrons. The fraction of sp³-hybridized carbons (Fsp3) is 0.276. The summed E-state index contributed by atoms with van der Waals surface area (Å²) in [5.74, 6) is -3.68. The number of hydrogen-bond donors (Lipinski definition) is 7. The summed E-state index contributed by atoms with van der Waals surface area (Å²) in [7, 11) is -13.0. The van der Waals surface area contributed by atoms with Crippen LogP contribution in [0, 0.1) is 0 Å². The molecule has 0 spiro atoms. The van der Waals surface area contributed by atoms with Gasteiger partial charge in [-0.1, -0.05) is 72.1 Å². The molecule has 0 bridgehead atoms. The Morgan fingerprint density at radius 1 is 0.695 bits per heavy atom. The Hall–Kier alpha value is -3.24. The van der Waals surface area contributed by atoms with Crippen LogP contribution < -0.4 is 60.5 Å². The Bertz CT molecular complexity index is 2190. The molecule has 20 N–H and O–H groups in total. The molecule has 0 aromatic heterocycles. The van der Waals surface area contributed by atoms with Crippen molar-refractivity contribution in [1.82, 2.24) is 35.2 Å². The van der Waals surface area contributed by atoms with Crippen molar-refractivity contribution < 1.29 is 73.8 Å². The van der Waals surface area contributed by atoms with Crippen LogP contribution in [-0.2, 0) is 48.6 Å². The van der Waals surface area contributed by atoms with Crippen LogP contribution in [-0.4, -0.2) is 36.0 Å². The van der Waals surface area contributed by atoms with Crippen molar-refractivity contribution in [2.24, 2.45) is 16.0 Å². The normalized spacial score (nSPS) is 14.5. The number of amides is 3. The molecule has 3 amide bonds. The minimum absolute atomic E-state index is 0. The molecule has 59 heavy (non-hydrogen) atoms. The van der Waals surface area contributed by atoms with Gasteiger partial charge in [-0.2, -0.15) is 30.7 Å². The van der Waals surface area contributed by atoms with Gasteiger partial charge in [0.25, 0.3) is 17.2 Å². The van der Waals surface area contributed by atoms with Crippen molar-refractivity contribution in [3.05, 3.63) is 101 Å². The minimum atomic E-state index is -6.53. The van der Waals surface area contributed by atoms with Crippen LogP contribution in [0.1, 0.15) is 38.2 Å². The molecule has 1 aliphatic heterocycles. The highest BCUT2D eigenvalue weighted by molar-refractivity contribution is 9.11. The molecule has 0 aliphatic carbocycles. The maximum absolute atomic E-state index is 14.3. The Morgan fingerprint density at radius 2 is 1.12 bits per heavy atom. The minimum Gasteiger partial charge on any atom is -0.806 e. The number of carbonyl (C=O) groups excluding carboxylic acids is 3. The highest BCUT2D eigenvalue weighted by Gasteiger charge is 2.65. The zero-order chi connectivity index (χ0) is 41.7. The van der Waals surface area contributed by atoms with Gasteiger partial charge in [0.05, 0.1) is 0 Å². The lowest BCUT2D eigenvalue weighted by molar-refractivity contribution is -0.336. The summed E-state index contributed by atoms with van der Waals surface area (Å²) in [5, 5.41) is 10.6. The number of carbonyl (C=O) groups is 3. The van der Waals surface area contributed by atoms with E-state index in [0.717, 1.165) is 42.5 Å². The van der Waals surface area contributed by atoms with Crippen molar-refractivity contribution >= 4 is 80.7 Å². The van der Waals surface area contributed by atoms with Gasteiger partial charge in [-0.25, -0.2) is 0 Å². The van der Waals surface area contributed by atoms with Crippen molar-refractivity contribution in [2.75, 3.05) is 0 Å². The quantitative estimate of drug-likeness (QED) is 0.0829. The Morgan fingerprint density at radius 3 is 1.47 bits per heavy atom. The third-order valence-corrected chi connectivity index (χ3v) is 11.4. The number of halogens is 10. The molecule has 0 saturated heterocycles. The van der Waals surface area contributed by atoms with Gasteiger partial charge in [0.15, 0.2) is 0 Å². The topological polar surface area (TPSA) is 398 Å². The molecular weight excluding hydrogens is 1050 g/mol. The van der Waals surface area contributed by atoms with Gasteiger partial charge in [0.1, 0.15) is 12.1 Å². The summed E-state index contributed by atoms with van der Waals surface area (Å²) < 4.78 is 119. The summed E-state index contributed by atoms with van der Waals surface area (Å²) in [6, 6.07) is 3.89. The average Bonchev–Trinajstić information content (AvgIpc) is 3.85. The smallest absolute Gasteiger partial charge is 0.442 e. The molecule has 2 atom stereocenters. The lowest BCUT2D eigenvalue weighted by Gasteiger charge is -2.38. The standard InChI is InChI=1S/C29H23Br3F7N5O9P2.4H3N/c30-16-10-14(9-15(11-16)26(43-44-26)29(37,38)39)24(46)42-22(8-13-2-4-18(20(32)6-13)28(35,36)55(51,52)53)25(47)41-21(23(40)45)7-12-1-3-17(19(31)5-12)27(33,34)54(48,49)50;;;;/h1-6,9-11,21-22H,7-8H2,(H2,40,45)(H,41,47)(H,42,46)(H2,48,49,50)(H2,51,52,53);4*1H3/t21-,22-;;;;/m0..../s1. The number of hydrogen-bond acceptors (Lipinski definition) is 11. The molecular formula is C29H35Br3F7N9O9P2. The van der Waals surface area contributed by atoms with Crippen LogP contribution >= 0.6 is 63.0 Å². The Kier molecular flexibility index (Phi) is 18.6. The van der Waals surface area contributed by atoms with Crippen LogP contribution in [0.5, 0.6) is 0 Å². The van der Waals surface area contributed by atoms with E-state index in [1.54, 1.807) is 0 Å². The second-order valence-corrected chi connectivity index (χ2v) is 17.4. The monoisotopic (exact) mass is 1080 g/mol. The van der Waals surface area contributed by atoms with Gasteiger partial charge in [-0.3, -0.25) is 14.4 Å². The fourth-order valence-corrected chi connectivity index (χ4v) is 8.07. The molecule has 3 aromatic rings. The maximum atomic E-state index is 14.3. The van der Waals surface area contributed by atoms with E-state index < -0.39 is 112 Å². The third-order valence-electron chi connectivity index (χ3n) is 7.82. The zero-order valence-corrected chi connectivity index (χ0v) is 37.1. The van der Waals surface area contributed by atoms with E-state index in [0.29, 0.717) is 12.1 Å². The molecule has 0 unspecified atom stereocenters. The second kappa shape index (κ2) is 19.6. The molecule has 1 heterocycles. The van der Waals surface area contributed by atoms with E-state index >= 15 is 0 Å². The van der Waals surface area contributed by atoms with Crippen molar-refractivity contribution in [2.45, 2.75) is 48.1 Å². The predicted octanol–water partition coefficient (Wildman–Crippen LogP) is 5.14. The molecule has 0 radical (unpaired) electrons. The van der Waals surface area contributed by atoms with Crippen LogP contribution in [0.25, 0.3) is 0 Å². The van der Waals surface area contributed by atoms with Gasteiger partial charge in [-0.05, 0) is 41.5 Å². The van der Waals surface area contributed by atoms with E-state index in [4.69, 9.17) is 5.73 Å². The van der Waals surface area contributed by atoms with E-state index in [2.05, 4.69) is 68.7 Å². The zero-order valence-electron chi connectivity index (χ0n) is 30.6. The molecule has 4 rings (SSSR count). The number of benzene rings is 3. The van der Waals surface area contributed by atoms with Gasteiger partial charge >= 0.3 is 11.8 Å². The molecule has 30 heteroatoms. The third kappa shape index (κ3) is 12.0. The first-order valence-corrected chi connectivity index (χ1v) is 20.1. The average molecular weight is 1090 g/mol. The van der Waals surface area contributed by atoms with E-state index in [9.17, 15) is 73.8 Å². The maximum Gasteiger partial charge on any atom is 0.442 e. The summed E-state index contributed by atoms with van der Waals surface area (Å²) in [6.45, 7) is 0. The Labute approximate surface area is 353 Å². The first-order valence-electron chi connectivity index (χ1n) is 14.6. The molecule has 18 nitrogen and oxygen atoms in total. The number of nitrogens with zero attached hydrogens (tertiary/aromatic N) is 2. The summed E-state index contributed by atoms with van der Waals surface area (Å²) in [6.07, 6.45) is -6.22. The van der Waals surface area contributed by atoms with Gasteiger partial charge in [-0.15, -0.1) is 10.2 Å². The SMILES string of the molecule is NC(=O)[C@H](Cc1ccc(C(F)(F)P(=O)([O-])[O-])c(Br)c1)NC(=O)[C@H](Cc1ccc(C(F)(F)P(=O)([O-])[O-])c(Br)c1)NC(=O)c1cc(Br)cc(C2(C(F)(F)F)N=N2)c1.[NH4+].[NH4+].[NH4+].[NH4+]. The first kappa shape index (κ1) is 55.8. The molecule has 0 fully saturated rings. The number of alkyl halides is 7. The second-order valence-electron chi connectivity index (χ2n) is 11.7.